The smallest absolute Gasteiger partial charge is 0.108 e. The maximum atomic E-state index is 9.78. The minimum atomic E-state index is -0.531. The van der Waals surface area contributed by atoms with Gasteiger partial charge in [-0.25, -0.2) is 0 Å². The summed E-state index contributed by atoms with van der Waals surface area (Å²) in [5.74, 6) is 0.593. The van der Waals surface area contributed by atoms with Crippen molar-refractivity contribution in [3.8, 4) is 0 Å². The maximum Gasteiger partial charge on any atom is 0.108 e. The van der Waals surface area contributed by atoms with E-state index in [0.29, 0.717) is 18.2 Å². The third-order valence-corrected chi connectivity index (χ3v) is 2.45. The third kappa shape index (κ3) is 4.73. The van der Waals surface area contributed by atoms with E-state index in [1.807, 2.05) is 12.1 Å². The Kier molecular flexibility index (Phi) is 5.22. The highest BCUT2D eigenvalue weighted by atomic mass is 79.9. The van der Waals surface area contributed by atoms with Crippen LogP contribution in [0.15, 0.2) is 22.8 Å². The monoisotopic (exact) mass is 272 g/mol. The Bertz CT molecular complexity index is 287. The van der Waals surface area contributed by atoms with Crippen molar-refractivity contribution in [3.05, 3.63) is 28.5 Å². The molecule has 4 heteroatoms. The number of hydrogen-bond acceptors (Lipinski definition) is 3. The lowest BCUT2D eigenvalue weighted by Crippen LogP contribution is -2.25. The summed E-state index contributed by atoms with van der Waals surface area (Å²) in [6.07, 6.45) is 1.16. The molecule has 0 amide bonds. The summed E-state index contributed by atoms with van der Waals surface area (Å²) in [7, 11) is 0. The van der Waals surface area contributed by atoms with Crippen LogP contribution < -0.4 is 5.32 Å². The average Bonchev–Trinajstić information content (AvgIpc) is 2.18. The lowest BCUT2D eigenvalue weighted by molar-refractivity contribution is 0.169. The van der Waals surface area contributed by atoms with E-state index in [9.17, 15) is 5.11 Å². The van der Waals surface area contributed by atoms with Crippen LogP contribution in [0.1, 0.15) is 25.6 Å². The highest BCUT2D eigenvalue weighted by Crippen LogP contribution is 2.12. The van der Waals surface area contributed by atoms with Gasteiger partial charge in [-0.2, -0.15) is 0 Å². The fourth-order valence-electron chi connectivity index (χ4n) is 1.20. The first-order valence-electron chi connectivity index (χ1n) is 5.10. The van der Waals surface area contributed by atoms with Gasteiger partial charge in [-0.05, 0) is 40.5 Å². The predicted octanol–water partition coefficient (Wildman–Crippen LogP) is 2.12. The molecule has 2 N–H and O–H groups in total. The van der Waals surface area contributed by atoms with Crippen LogP contribution in [0.3, 0.4) is 0 Å². The summed E-state index contributed by atoms with van der Waals surface area (Å²) >= 11 is 3.31. The van der Waals surface area contributed by atoms with Crippen LogP contribution in [-0.4, -0.2) is 23.2 Å². The summed E-state index contributed by atoms with van der Waals surface area (Å²) in [5.41, 5.74) is 0.703. The fourth-order valence-corrected chi connectivity index (χ4v) is 1.43. The van der Waals surface area contributed by atoms with E-state index < -0.39 is 6.10 Å². The van der Waals surface area contributed by atoms with Crippen molar-refractivity contribution >= 4 is 15.9 Å². The van der Waals surface area contributed by atoms with Gasteiger partial charge in [0.15, 0.2) is 0 Å². The molecule has 1 rings (SSSR count). The predicted molar refractivity (Wildman–Crippen MR) is 64.6 cm³/mol. The average molecular weight is 273 g/mol. The molecule has 84 valence electrons. The molecule has 0 fully saturated rings. The van der Waals surface area contributed by atoms with Crippen LogP contribution in [-0.2, 0) is 0 Å². The van der Waals surface area contributed by atoms with Gasteiger partial charge in [0.2, 0.25) is 0 Å². The molecule has 15 heavy (non-hydrogen) atoms. The lowest BCUT2D eigenvalue weighted by Gasteiger charge is -2.12. The highest BCUT2D eigenvalue weighted by Gasteiger charge is 2.08. The Morgan fingerprint density at radius 3 is 2.67 bits per heavy atom. The second-order valence-electron chi connectivity index (χ2n) is 3.97. The number of aliphatic hydroxyl groups excluding tert-OH is 1. The van der Waals surface area contributed by atoms with Crippen LogP contribution in [0.25, 0.3) is 0 Å². The first-order chi connectivity index (χ1) is 7.09. The van der Waals surface area contributed by atoms with E-state index in [-0.39, 0.29) is 0 Å². The van der Waals surface area contributed by atoms with Gasteiger partial charge in [-0.3, -0.25) is 4.98 Å². The minimum absolute atomic E-state index is 0.531. The van der Waals surface area contributed by atoms with Crippen LogP contribution in [0.5, 0.6) is 0 Å². The Morgan fingerprint density at radius 2 is 2.13 bits per heavy atom. The van der Waals surface area contributed by atoms with Crippen molar-refractivity contribution in [1.82, 2.24) is 10.3 Å². The van der Waals surface area contributed by atoms with Gasteiger partial charge >= 0.3 is 0 Å². The molecule has 3 nitrogen and oxygen atoms in total. The van der Waals surface area contributed by atoms with Gasteiger partial charge in [0.25, 0.3) is 0 Å². The first kappa shape index (κ1) is 12.6. The lowest BCUT2D eigenvalue weighted by atomic mass is 10.2. The second kappa shape index (κ2) is 6.20. The van der Waals surface area contributed by atoms with Crippen molar-refractivity contribution in [2.24, 2.45) is 5.92 Å². The first-order valence-corrected chi connectivity index (χ1v) is 5.89. The normalized spacial score (nSPS) is 13.1. The van der Waals surface area contributed by atoms with Crippen molar-refractivity contribution in [3.63, 3.8) is 0 Å². The zero-order chi connectivity index (χ0) is 11.3. The molecule has 1 aromatic rings. The molecule has 1 atom stereocenters. The molecule has 0 saturated carbocycles. The zero-order valence-electron chi connectivity index (χ0n) is 9.07. The number of aliphatic hydroxyl groups is 1. The van der Waals surface area contributed by atoms with Crippen molar-refractivity contribution < 1.29 is 5.11 Å². The number of aromatic nitrogens is 1. The number of pyridine rings is 1. The summed E-state index contributed by atoms with van der Waals surface area (Å²) in [4.78, 5) is 4.14. The van der Waals surface area contributed by atoms with Gasteiger partial charge in [0.1, 0.15) is 6.10 Å². The number of halogens is 1. The van der Waals surface area contributed by atoms with E-state index in [4.69, 9.17) is 0 Å². The number of nitrogens with zero attached hydrogens (tertiary/aromatic N) is 1. The highest BCUT2D eigenvalue weighted by molar-refractivity contribution is 9.10. The topological polar surface area (TPSA) is 45.1 Å². The molecule has 0 aliphatic carbocycles. The molecule has 1 aromatic heterocycles. The molecule has 0 aliphatic rings. The molecule has 0 spiro atoms. The molecule has 0 saturated heterocycles. The summed E-state index contributed by atoms with van der Waals surface area (Å²) in [6.45, 7) is 5.73. The van der Waals surface area contributed by atoms with Crippen LogP contribution in [0.2, 0.25) is 0 Å². The number of rotatable bonds is 5. The third-order valence-electron chi connectivity index (χ3n) is 1.98. The van der Waals surface area contributed by atoms with Gasteiger partial charge < -0.3 is 10.4 Å². The molecular weight excluding hydrogens is 256 g/mol. The quantitative estimate of drug-likeness (QED) is 0.863. The zero-order valence-corrected chi connectivity index (χ0v) is 10.7. The Morgan fingerprint density at radius 1 is 1.40 bits per heavy atom. The maximum absolute atomic E-state index is 9.78. The van der Waals surface area contributed by atoms with Gasteiger partial charge in [0, 0.05) is 17.2 Å². The van der Waals surface area contributed by atoms with Gasteiger partial charge in [-0.1, -0.05) is 13.8 Å². The second-order valence-corrected chi connectivity index (χ2v) is 4.88. The van der Waals surface area contributed by atoms with E-state index in [1.54, 1.807) is 6.20 Å². The molecule has 0 bridgehead atoms. The molecule has 1 heterocycles. The van der Waals surface area contributed by atoms with E-state index in [2.05, 4.69) is 40.1 Å². The van der Waals surface area contributed by atoms with E-state index in [0.717, 1.165) is 11.0 Å². The SMILES string of the molecule is CC(C)CNCC(O)c1ccc(Br)cn1. The standard InChI is InChI=1S/C11H17BrN2O/c1-8(2)5-13-7-11(15)10-4-3-9(12)6-14-10/h3-4,6,8,11,13,15H,5,7H2,1-2H3. The fraction of sp³-hybridized carbons (Fsp3) is 0.545. The molecule has 0 aliphatic heterocycles. The largest absolute Gasteiger partial charge is 0.385 e. The van der Waals surface area contributed by atoms with Crippen molar-refractivity contribution in [1.29, 1.82) is 0 Å². The Hall–Kier alpha value is -0.450. The van der Waals surface area contributed by atoms with Gasteiger partial charge in [0.05, 0.1) is 5.69 Å². The summed E-state index contributed by atoms with van der Waals surface area (Å²) < 4.78 is 0.925. The number of nitrogens with one attached hydrogen (secondary N) is 1. The molecule has 0 aromatic carbocycles. The Labute approximate surface area is 99.1 Å². The van der Waals surface area contributed by atoms with E-state index >= 15 is 0 Å². The molecule has 1 unspecified atom stereocenters. The summed E-state index contributed by atoms with van der Waals surface area (Å²) in [5, 5.41) is 13.0. The number of hydrogen-bond donors (Lipinski definition) is 2. The molecule has 0 radical (unpaired) electrons. The van der Waals surface area contributed by atoms with Crippen LogP contribution >= 0.6 is 15.9 Å². The molecular formula is C11H17BrN2O. The summed E-state index contributed by atoms with van der Waals surface area (Å²) in [6, 6.07) is 3.71. The van der Waals surface area contributed by atoms with E-state index in [1.165, 1.54) is 0 Å². The van der Waals surface area contributed by atoms with Crippen LogP contribution in [0, 0.1) is 5.92 Å². The Balaban J connectivity index is 2.40. The van der Waals surface area contributed by atoms with Crippen molar-refractivity contribution in [2.75, 3.05) is 13.1 Å². The minimum Gasteiger partial charge on any atom is -0.385 e. The van der Waals surface area contributed by atoms with Crippen LogP contribution in [0.4, 0.5) is 0 Å². The van der Waals surface area contributed by atoms with Crippen molar-refractivity contribution in [2.45, 2.75) is 20.0 Å². The van der Waals surface area contributed by atoms with Gasteiger partial charge in [-0.15, -0.1) is 0 Å².